The fraction of sp³-hybridized carbons (Fsp3) is 0.250. The first-order valence-electron chi connectivity index (χ1n) is 5.30. The number of benzene rings is 1. The predicted octanol–water partition coefficient (Wildman–Crippen LogP) is 1.79. The molecule has 1 heterocycles. The number of rotatable bonds is 4. The van der Waals surface area contributed by atoms with Gasteiger partial charge in [0.15, 0.2) is 0 Å². The Balaban J connectivity index is 2.10. The number of aliphatic hydroxyl groups is 1. The van der Waals surface area contributed by atoms with Crippen molar-refractivity contribution in [1.29, 1.82) is 0 Å². The van der Waals surface area contributed by atoms with E-state index in [2.05, 4.69) is 5.32 Å². The molecule has 0 bridgehead atoms. The Labute approximate surface area is 101 Å². The third-order valence-corrected chi connectivity index (χ3v) is 2.49. The van der Waals surface area contributed by atoms with Gasteiger partial charge >= 0.3 is 0 Å². The molecule has 4 nitrogen and oxygen atoms in total. The van der Waals surface area contributed by atoms with Crippen molar-refractivity contribution >= 4 is 16.9 Å². The molecule has 2 aromatic rings. The van der Waals surface area contributed by atoms with E-state index >= 15 is 0 Å². The van der Waals surface area contributed by atoms with Gasteiger partial charge in [0.1, 0.15) is 18.0 Å². The van der Waals surface area contributed by atoms with Crippen LogP contribution in [0.5, 0.6) is 0 Å². The number of nitrogens with one attached hydrogen (secondary N) is 1. The van der Waals surface area contributed by atoms with Gasteiger partial charge in [-0.15, -0.1) is 0 Å². The van der Waals surface area contributed by atoms with Crippen molar-refractivity contribution in [2.45, 2.75) is 12.5 Å². The van der Waals surface area contributed by atoms with E-state index in [0.717, 1.165) is 0 Å². The molecule has 1 atom stereocenters. The van der Waals surface area contributed by atoms with Gasteiger partial charge in [0.05, 0.1) is 5.56 Å². The number of halogens is 2. The zero-order chi connectivity index (χ0) is 13.1. The molecule has 0 aliphatic rings. The smallest absolute Gasteiger partial charge is 0.265 e. The maximum absolute atomic E-state index is 12.1. The molecule has 1 aromatic heterocycles. The minimum absolute atomic E-state index is 0.257. The second-order valence-electron chi connectivity index (χ2n) is 3.76. The number of para-hydroxylation sites is 1. The van der Waals surface area contributed by atoms with E-state index < -0.39 is 25.0 Å². The van der Waals surface area contributed by atoms with Gasteiger partial charge in [-0.1, -0.05) is 18.2 Å². The molecule has 2 N–H and O–H groups in total. The van der Waals surface area contributed by atoms with Gasteiger partial charge in [-0.05, 0) is 6.07 Å². The fourth-order valence-electron chi connectivity index (χ4n) is 1.54. The average molecular weight is 255 g/mol. The van der Waals surface area contributed by atoms with E-state index in [4.69, 9.17) is 9.52 Å². The fourth-order valence-corrected chi connectivity index (χ4v) is 1.54. The summed E-state index contributed by atoms with van der Waals surface area (Å²) in [4.78, 5) is 11.7. The molecule has 18 heavy (non-hydrogen) atoms. The Morgan fingerprint density at radius 2 is 2.11 bits per heavy atom. The molecule has 6 heteroatoms. The molecule has 0 saturated heterocycles. The monoisotopic (exact) mass is 255 g/mol. The SMILES string of the molecule is O=C(NCC(O)C(F)F)c1coc2ccccc12. The first-order chi connectivity index (χ1) is 8.59. The number of amides is 1. The number of carbonyl (C=O) groups is 1. The van der Waals surface area contributed by atoms with Crippen LogP contribution < -0.4 is 5.32 Å². The summed E-state index contributed by atoms with van der Waals surface area (Å²) in [5, 5.41) is 11.7. The molecule has 0 aliphatic carbocycles. The van der Waals surface area contributed by atoms with E-state index in [0.29, 0.717) is 11.0 Å². The molecule has 1 aromatic carbocycles. The van der Waals surface area contributed by atoms with Crippen molar-refractivity contribution < 1.29 is 23.1 Å². The van der Waals surface area contributed by atoms with Gasteiger partial charge in [-0.2, -0.15) is 0 Å². The maximum Gasteiger partial charge on any atom is 0.265 e. The van der Waals surface area contributed by atoms with Crippen molar-refractivity contribution in [3.63, 3.8) is 0 Å². The Hall–Kier alpha value is -1.95. The molecule has 0 spiro atoms. The molecular weight excluding hydrogens is 244 g/mol. The van der Waals surface area contributed by atoms with E-state index in [1.165, 1.54) is 6.26 Å². The van der Waals surface area contributed by atoms with Crippen LogP contribution in [-0.2, 0) is 0 Å². The normalized spacial score (nSPS) is 12.9. The number of furan rings is 1. The summed E-state index contributed by atoms with van der Waals surface area (Å²) < 4.78 is 29.3. The molecular formula is C12H11F2NO3. The van der Waals surface area contributed by atoms with Gasteiger partial charge in [0.2, 0.25) is 0 Å². The van der Waals surface area contributed by atoms with Crippen LogP contribution in [0, 0.1) is 0 Å². The van der Waals surface area contributed by atoms with Crippen molar-refractivity contribution in [3.05, 3.63) is 36.1 Å². The summed E-state index contributed by atoms with van der Waals surface area (Å²) >= 11 is 0. The number of hydrogen-bond acceptors (Lipinski definition) is 3. The number of carbonyl (C=O) groups excluding carboxylic acids is 1. The minimum atomic E-state index is -2.88. The average Bonchev–Trinajstić information content (AvgIpc) is 2.79. The lowest BCUT2D eigenvalue weighted by Crippen LogP contribution is -2.35. The van der Waals surface area contributed by atoms with Gasteiger partial charge < -0.3 is 14.8 Å². The Morgan fingerprint density at radius 3 is 2.83 bits per heavy atom. The highest BCUT2D eigenvalue weighted by molar-refractivity contribution is 6.05. The number of alkyl halides is 2. The third-order valence-electron chi connectivity index (χ3n) is 2.49. The van der Waals surface area contributed by atoms with Crippen molar-refractivity contribution in [1.82, 2.24) is 5.32 Å². The van der Waals surface area contributed by atoms with E-state index in [9.17, 15) is 13.6 Å². The predicted molar refractivity (Wildman–Crippen MR) is 60.6 cm³/mol. The molecule has 0 saturated carbocycles. The zero-order valence-corrected chi connectivity index (χ0v) is 9.27. The molecule has 2 rings (SSSR count). The summed E-state index contributed by atoms with van der Waals surface area (Å²) in [5.41, 5.74) is 0.795. The summed E-state index contributed by atoms with van der Waals surface area (Å²) in [5.74, 6) is -0.556. The highest BCUT2D eigenvalue weighted by Crippen LogP contribution is 2.20. The van der Waals surface area contributed by atoms with Gasteiger partial charge in [-0.25, -0.2) is 8.78 Å². The van der Waals surface area contributed by atoms with E-state index in [-0.39, 0.29) is 5.56 Å². The summed E-state index contributed by atoms with van der Waals surface area (Å²) in [6.45, 7) is -0.504. The van der Waals surface area contributed by atoms with Crippen LogP contribution in [0.4, 0.5) is 8.78 Å². The van der Waals surface area contributed by atoms with Crippen molar-refractivity contribution in [2.75, 3.05) is 6.54 Å². The van der Waals surface area contributed by atoms with Crippen LogP contribution in [0.1, 0.15) is 10.4 Å². The Bertz CT molecular complexity index is 553. The van der Waals surface area contributed by atoms with Crippen LogP contribution in [-0.4, -0.2) is 30.1 Å². The van der Waals surface area contributed by atoms with Crippen molar-refractivity contribution in [2.24, 2.45) is 0 Å². The van der Waals surface area contributed by atoms with Crippen LogP contribution in [0.25, 0.3) is 11.0 Å². The quantitative estimate of drug-likeness (QED) is 0.875. The second kappa shape index (κ2) is 5.14. The van der Waals surface area contributed by atoms with Gasteiger partial charge in [-0.3, -0.25) is 4.79 Å². The maximum atomic E-state index is 12.1. The number of fused-ring (bicyclic) bond motifs is 1. The molecule has 0 fully saturated rings. The number of aliphatic hydroxyl groups excluding tert-OH is 1. The lowest BCUT2D eigenvalue weighted by Gasteiger charge is -2.09. The minimum Gasteiger partial charge on any atom is -0.463 e. The van der Waals surface area contributed by atoms with Crippen LogP contribution in [0.3, 0.4) is 0 Å². The Kier molecular flexibility index (Phi) is 3.57. The van der Waals surface area contributed by atoms with Gasteiger partial charge in [0, 0.05) is 11.9 Å². The molecule has 96 valence electrons. The van der Waals surface area contributed by atoms with Crippen LogP contribution in [0.15, 0.2) is 34.9 Å². The third kappa shape index (κ3) is 2.48. The molecule has 1 amide bonds. The Morgan fingerprint density at radius 1 is 1.39 bits per heavy atom. The lowest BCUT2D eigenvalue weighted by molar-refractivity contribution is -0.00269. The lowest BCUT2D eigenvalue weighted by atomic mass is 10.1. The standard InChI is InChI=1S/C12H11F2NO3/c13-11(14)9(16)5-15-12(17)8-6-18-10-4-2-1-3-7(8)10/h1-4,6,9,11,16H,5H2,(H,15,17). The zero-order valence-electron chi connectivity index (χ0n) is 9.27. The highest BCUT2D eigenvalue weighted by Gasteiger charge is 2.19. The highest BCUT2D eigenvalue weighted by atomic mass is 19.3. The summed E-state index contributed by atoms with van der Waals surface area (Å²) in [6, 6.07) is 6.88. The van der Waals surface area contributed by atoms with Crippen molar-refractivity contribution in [3.8, 4) is 0 Å². The van der Waals surface area contributed by atoms with E-state index in [1.807, 2.05) is 0 Å². The summed E-state index contributed by atoms with van der Waals surface area (Å²) in [6.07, 6.45) is -3.49. The van der Waals surface area contributed by atoms with Crippen LogP contribution >= 0.6 is 0 Å². The summed E-state index contributed by atoms with van der Waals surface area (Å²) in [7, 11) is 0. The van der Waals surface area contributed by atoms with Gasteiger partial charge in [0.25, 0.3) is 12.3 Å². The first-order valence-corrected chi connectivity index (χ1v) is 5.30. The van der Waals surface area contributed by atoms with E-state index in [1.54, 1.807) is 24.3 Å². The van der Waals surface area contributed by atoms with Crippen LogP contribution in [0.2, 0.25) is 0 Å². The topological polar surface area (TPSA) is 62.5 Å². The number of hydrogen-bond donors (Lipinski definition) is 2. The molecule has 0 aliphatic heterocycles. The molecule has 0 radical (unpaired) electrons. The first kappa shape index (κ1) is 12.5. The largest absolute Gasteiger partial charge is 0.463 e. The molecule has 1 unspecified atom stereocenters. The second-order valence-corrected chi connectivity index (χ2v) is 3.76.